The normalized spacial score (nSPS) is 21.8. The number of benzene rings is 1. The molecule has 2 atom stereocenters. The first-order valence-corrected chi connectivity index (χ1v) is 12.1. The molecular formula is C23H32F3N5OS. The first kappa shape index (κ1) is 24.2. The zero-order valence-corrected chi connectivity index (χ0v) is 20.0. The number of nitrogens with zero attached hydrogens (tertiary/aromatic N) is 5. The lowest BCUT2D eigenvalue weighted by atomic mass is 9.98. The molecule has 4 rings (SSSR count). The van der Waals surface area contributed by atoms with Crippen LogP contribution >= 0.6 is 12.2 Å². The molecule has 1 aromatic carbocycles. The van der Waals surface area contributed by atoms with Crippen LogP contribution in [-0.4, -0.2) is 63.6 Å². The predicted molar refractivity (Wildman–Crippen MR) is 123 cm³/mol. The molecule has 2 saturated heterocycles. The highest BCUT2D eigenvalue weighted by Gasteiger charge is 2.41. The predicted octanol–water partition coefficient (Wildman–Crippen LogP) is 5.19. The largest absolute Gasteiger partial charge is 0.497 e. The molecule has 2 aliphatic rings. The van der Waals surface area contributed by atoms with Gasteiger partial charge in [0.25, 0.3) is 0 Å². The van der Waals surface area contributed by atoms with Gasteiger partial charge >= 0.3 is 6.18 Å². The molecule has 2 aromatic rings. The molecular weight excluding hydrogens is 451 g/mol. The van der Waals surface area contributed by atoms with Crippen LogP contribution in [0.1, 0.15) is 50.9 Å². The van der Waals surface area contributed by atoms with Gasteiger partial charge in [-0.15, -0.1) is 0 Å². The van der Waals surface area contributed by atoms with Gasteiger partial charge in [-0.2, -0.15) is 18.3 Å². The number of rotatable bonds is 6. The summed E-state index contributed by atoms with van der Waals surface area (Å²) in [5.74, 6) is 0.266. The monoisotopic (exact) mass is 483 g/mol. The fraction of sp³-hybridized carbons (Fsp3) is 0.652. The minimum absolute atomic E-state index is 0.0162. The van der Waals surface area contributed by atoms with Crippen molar-refractivity contribution in [3.05, 3.63) is 34.9 Å². The Morgan fingerprint density at radius 1 is 1.09 bits per heavy atom. The Hall–Kier alpha value is -1.91. The van der Waals surface area contributed by atoms with E-state index in [1.165, 1.54) is 6.42 Å². The van der Waals surface area contributed by atoms with Gasteiger partial charge in [0.1, 0.15) is 5.75 Å². The third-order valence-corrected chi connectivity index (χ3v) is 7.20. The number of hydrogen-bond donors (Lipinski definition) is 0. The molecule has 0 amide bonds. The van der Waals surface area contributed by atoms with E-state index in [9.17, 15) is 13.2 Å². The summed E-state index contributed by atoms with van der Waals surface area (Å²) in [5.41, 5.74) is 0.873. The molecule has 0 aliphatic carbocycles. The highest BCUT2D eigenvalue weighted by molar-refractivity contribution is 7.71. The smallest absolute Gasteiger partial charge is 0.393 e. The van der Waals surface area contributed by atoms with Crippen molar-refractivity contribution in [2.45, 2.75) is 57.9 Å². The number of aromatic nitrogens is 3. The molecule has 0 spiro atoms. The van der Waals surface area contributed by atoms with Crippen LogP contribution in [0.4, 0.5) is 13.2 Å². The minimum Gasteiger partial charge on any atom is -0.497 e. The molecule has 0 radical (unpaired) electrons. The molecule has 10 heteroatoms. The van der Waals surface area contributed by atoms with Gasteiger partial charge < -0.3 is 4.74 Å². The van der Waals surface area contributed by atoms with Gasteiger partial charge in [0.2, 0.25) is 4.77 Å². The van der Waals surface area contributed by atoms with Gasteiger partial charge in [0.15, 0.2) is 5.82 Å². The molecule has 1 aromatic heterocycles. The second kappa shape index (κ2) is 10.1. The Labute approximate surface area is 197 Å². The van der Waals surface area contributed by atoms with Crippen LogP contribution in [0.15, 0.2) is 24.3 Å². The van der Waals surface area contributed by atoms with E-state index in [2.05, 4.69) is 11.8 Å². The first-order valence-electron chi connectivity index (χ1n) is 11.6. The van der Waals surface area contributed by atoms with Crippen molar-refractivity contribution >= 4 is 12.2 Å². The van der Waals surface area contributed by atoms with Gasteiger partial charge in [-0.3, -0.25) is 14.4 Å². The van der Waals surface area contributed by atoms with Gasteiger partial charge in [0, 0.05) is 12.2 Å². The fourth-order valence-electron chi connectivity index (χ4n) is 4.87. The SMILES string of the molecule is COc1ccc(-n2c([C@H](C)N3CCCCC3)nn(CN3CCC[C@H](C(F)(F)F)C3)c2=S)cc1. The minimum atomic E-state index is -4.17. The quantitative estimate of drug-likeness (QED) is 0.529. The second-order valence-electron chi connectivity index (χ2n) is 9.05. The van der Waals surface area contributed by atoms with Crippen molar-refractivity contribution in [3.63, 3.8) is 0 Å². The summed E-state index contributed by atoms with van der Waals surface area (Å²) < 4.78 is 49.3. The van der Waals surface area contributed by atoms with Crippen molar-refractivity contribution in [2.75, 3.05) is 33.3 Å². The number of hydrogen-bond acceptors (Lipinski definition) is 5. The number of halogens is 3. The summed E-state index contributed by atoms with van der Waals surface area (Å²) in [6.07, 6.45) is 0.0762. The topological polar surface area (TPSA) is 38.5 Å². The Morgan fingerprint density at radius 2 is 1.79 bits per heavy atom. The summed E-state index contributed by atoms with van der Waals surface area (Å²) in [5, 5.41) is 4.86. The van der Waals surface area contributed by atoms with Crippen LogP contribution in [0.5, 0.6) is 5.75 Å². The number of methoxy groups -OCH3 is 1. The Bertz CT molecular complexity index is 981. The molecule has 33 heavy (non-hydrogen) atoms. The van der Waals surface area contributed by atoms with Crippen LogP contribution in [0.2, 0.25) is 0 Å². The molecule has 0 unspecified atom stereocenters. The van der Waals surface area contributed by atoms with Crippen molar-refractivity contribution < 1.29 is 17.9 Å². The lowest BCUT2D eigenvalue weighted by Crippen LogP contribution is -2.42. The van der Waals surface area contributed by atoms with E-state index in [0.29, 0.717) is 17.7 Å². The molecule has 3 heterocycles. The summed E-state index contributed by atoms with van der Waals surface area (Å²) >= 11 is 5.81. The zero-order chi connectivity index (χ0) is 23.6. The third kappa shape index (κ3) is 5.44. The maximum atomic E-state index is 13.3. The highest BCUT2D eigenvalue weighted by Crippen LogP contribution is 2.33. The fourth-order valence-corrected chi connectivity index (χ4v) is 5.17. The molecule has 2 aliphatic heterocycles. The summed E-state index contributed by atoms with van der Waals surface area (Å²) in [7, 11) is 1.62. The first-order chi connectivity index (χ1) is 15.8. The number of piperidine rings is 2. The summed E-state index contributed by atoms with van der Waals surface area (Å²) in [4.78, 5) is 4.23. The van der Waals surface area contributed by atoms with E-state index in [4.69, 9.17) is 22.1 Å². The van der Waals surface area contributed by atoms with Crippen LogP contribution in [0, 0.1) is 10.7 Å². The van der Waals surface area contributed by atoms with Crippen LogP contribution in [0.25, 0.3) is 5.69 Å². The van der Waals surface area contributed by atoms with Gasteiger partial charge in [0.05, 0.1) is 25.7 Å². The summed E-state index contributed by atoms with van der Waals surface area (Å²) in [6.45, 7) is 4.99. The molecule has 0 bridgehead atoms. The second-order valence-corrected chi connectivity index (χ2v) is 9.41. The van der Waals surface area contributed by atoms with E-state index in [-0.39, 0.29) is 25.7 Å². The number of ether oxygens (including phenoxy) is 1. The van der Waals surface area contributed by atoms with E-state index in [1.54, 1.807) is 11.8 Å². The van der Waals surface area contributed by atoms with Crippen molar-refractivity contribution in [2.24, 2.45) is 5.92 Å². The molecule has 182 valence electrons. The average molecular weight is 484 g/mol. The van der Waals surface area contributed by atoms with E-state index < -0.39 is 12.1 Å². The molecule has 6 nitrogen and oxygen atoms in total. The maximum Gasteiger partial charge on any atom is 0.393 e. The van der Waals surface area contributed by atoms with Crippen molar-refractivity contribution in [1.29, 1.82) is 0 Å². The lowest BCUT2D eigenvalue weighted by Gasteiger charge is -2.33. The van der Waals surface area contributed by atoms with Crippen molar-refractivity contribution in [1.82, 2.24) is 24.1 Å². The third-order valence-electron chi connectivity index (χ3n) is 6.81. The lowest BCUT2D eigenvalue weighted by molar-refractivity contribution is -0.188. The van der Waals surface area contributed by atoms with Crippen LogP contribution in [-0.2, 0) is 6.67 Å². The Kier molecular flexibility index (Phi) is 7.45. The highest BCUT2D eigenvalue weighted by atomic mass is 32.1. The zero-order valence-electron chi connectivity index (χ0n) is 19.2. The van der Waals surface area contributed by atoms with Crippen LogP contribution < -0.4 is 4.74 Å². The van der Waals surface area contributed by atoms with Crippen molar-refractivity contribution in [3.8, 4) is 11.4 Å². The average Bonchev–Trinajstić information content (AvgIpc) is 3.14. The van der Waals surface area contributed by atoms with Gasteiger partial charge in [-0.1, -0.05) is 6.42 Å². The van der Waals surface area contributed by atoms with Gasteiger partial charge in [-0.05, 0) is 88.7 Å². The summed E-state index contributed by atoms with van der Waals surface area (Å²) in [6, 6.07) is 7.67. The Balaban J connectivity index is 1.66. The Morgan fingerprint density at radius 3 is 2.42 bits per heavy atom. The number of likely N-dealkylation sites (tertiary alicyclic amines) is 2. The van der Waals surface area contributed by atoms with E-state index in [0.717, 1.165) is 43.2 Å². The molecule has 0 saturated carbocycles. The van der Waals surface area contributed by atoms with E-state index in [1.807, 2.05) is 33.7 Å². The molecule has 2 fully saturated rings. The number of alkyl halides is 3. The van der Waals surface area contributed by atoms with E-state index >= 15 is 0 Å². The molecule has 0 N–H and O–H groups in total. The maximum absolute atomic E-state index is 13.3. The standard InChI is InChI=1S/C23H32F3N5OS/c1-17(29-13-4-3-5-14-29)21-27-30(16-28-12-6-7-18(15-28)23(24,25)26)22(33)31(21)19-8-10-20(32-2)11-9-19/h8-11,17-18H,3-7,12-16H2,1-2H3/t17-,18-/m0/s1. The van der Waals surface area contributed by atoms with Gasteiger partial charge in [-0.25, -0.2) is 4.68 Å². The van der Waals surface area contributed by atoms with Crippen LogP contribution in [0.3, 0.4) is 0 Å².